The Kier molecular flexibility index (Phi) is 6.36. The van der Waals surface area contributed by atoms with E-state index < -0.39 is 18.9 Å². The number of halogens is 1. The van der Waals surface area contributed by atoms with Crippen LogP contribution >= 0.6 is 7.14 Å². The van der Waals surface area contributed by atoms with Gasteiger partial charge in [-0.15, -0.1) is 0 Å². The minimum atomic E-state index is -2.80. The van der Waals surface area contributed by atoms with Crippen LogP contribution in [0.15, 0.2) is 58.2 Å². The predicted molar refractivity (Wildman–Crippen MR) is 129 cm³/mol. The lowest BCUT2D eigenvalue weighted by Crippen LogP contribution is -2.29. The fourth-order valence-electron chi connectivity index (χ4n) is 3.52. The molecule has 3 N–H and O–H groups in total. The smallest absolute Gasteiger partial charge is 0.274 e. The maximum Gasteiger partial charge on any atom is 0.274 e. The summed E-state index contributed by atoms with van der Waals surface area (Å²) >= 11 is 0. The molecule has 0 radical (unpaired) electrons. The summed E-state index contributed by atoms with van der Waals surface area (Å²) in [7, 11) is -1.23. The molecule has 4 aromatic rings. The van der Waals surface area contributed by atoms with E-state index in [1.54, 1.807) is 13.1 Å². The summed E-state index contributed by atoms with van der Waals surface area (Å²) in [4.78, 5) is 37.7. The Labute approximate surface area is 199 Å². The summed E-state index contributed by atoms with van der Waals surface area (Å²) in [5.41, 5.74) is 6.58. The zero-order valence-corrected chi connectivity index (χ0v) is 20.0. The average Bonchev–Trinajstić information content (AvgIpc) is 3.34. The molecule has 12 heteroatoms. The Bertz CT molecular complexity index is 1530. The molecule has 0 atom stereocenters. The molecule has 0 aliphatic carbocycles. The Morgan fingerprint density at radius 1 is 1.20 bits per heavy atom. The molecule has 0 fully saturated rings. The van der Waals surface area contributed by atoms with Gasteiger partial charge in [-0.1, -0.05) is 12.1 Å². The molecule has 180 valence electrons. The van der Waals surface area contributed by atoms with Gasteiger partial charge < -0.3 is 24.6 Å². The Morgan fingerprint density at radius 3 is 2.63 bits per heavy atom. The van der Waals surface area contributed by atoms with Crippen LogP contribution in [0.2, 0.25) is 0 Å². The average molecular weight is 496 g/mol. The number of carbonyl (C=O) groups is 1. The first kappa shape index (κ1) is 24.0. The van der Waals surface area contributed by atoms with E-state index in [9.17, 15) is 18.5 Å². The summed E-state index contributed by atoms with van der Waals surface area (Å²) in [6.45, 7) is 2.82. The monoisotopic (exact) mass is 496 g/mol. The van der Waals surface area contributed by atoms with E-state index >= 15 is 0 Å². The maximum atomic E-state index is 14.5. The molecule has 0 aliphatic heterocycles. The highest BCUT2D eigenvalue weighted by Crippen LogP contribution is 2.36. The third-order valence-corrected chi connectivity index (χ3v) is 6.81. The first-order chi connectivity index (χ1) is 16.6. The van der Waals surface area contributed by atoms with Gasteiger partial charge in [0, 0.05) is 42.3 Å². The number of nitrogen functional groups attached to an aromatic ring is 1. The first-order valence-electron chi connectivity index (χ1n) is 10.4. The Hall–Kier alpha value is -4.11. The third-order valence-electron chi connectivity index (χ3n) is 5.23. The molecule has 3 heterocycles. The number of benzene rings is 1. The molecule has 0 unspecified atom stereocenters. The van der Waals surface area contributed by atoms with Crippen LogP contribution in [0, 0.1) is 5.82 Å². The largest absolute Gasteiger partial charge is 0.443 e. The van der Waals surface area contributed by atoms with Crippen molar-refractivity contribution in [2.45, 2.75) is 6.54 Å². The zero-order chi connectivity index (χ0) is 25.3. The number of nitrogens with two attached hydrogens (primary N) is 1. The number of amides is 1. The first-order valence-corrected chi connectivity index (χ1v) is 13.0. The summed E-state index contributed by atoms with van der Waals surface area (Å²) in [5, 5.41) is 2.92. The molecular weight excluding hydrogens is 474 g/mol. The van der Waals surface area contributed by atoms with Crippen LogP contribution in [-0.4, -0.2) is 38.8 Å². The van der Waals surface area contributed by atoms with Crippen LogP contribution in [0.25, 0.3) is 22.8 Å². The van der Waals surface area contributed by atoms with E-state index in [1.807, 2.05) is 0 Å². The Balaban J connectivity index is 1.75. The van der Waals surface area contributed by atoms with Crippen molar-refractivity contribution < 1.29 is 18.2 Å². The second-order valence-electron chi connectivity index (χ2n) is 8.13. The maximum absolute atomic E-state index is 14.5. The normalized spacial score (nSPS) is 11.4. The van der Waals surface area contributed by atoms with Gasteiger partial charge in [-0.25, -0.2) is 19.3 Å². The fourth-order valence-corrected chi connectivity index (χ4v) is 4.80. The van der Waals surface area contributed by atoms with Crippen molar-refractivity contribution >= 4 is 24.2 Å². The van der Waals surface area contributed by atoms with Crippen LogP contribution in [0.1, 0.15) is 16.1 Å². The predicted octanol–water partition coefficient (Wildman–Crippen LogP) is 2.40. The molecule has 0 saturated carbocycles. The summed E-state index contributed by atoms with van der Waals surface area (Å²) < 4.78 is 33.8. The van der Waals surface area contributed by atoms with Crippen molar-refractivity contribution in [3.8, 4) is 22.8 Å². The fraction of sp³-hybridized carbons (Fsp3) is 0.174. The highest BCUT2D eigenvalue weighted by Gasteiger charge is 2.24. The molecule has 35 heavy (non-hydrogen) atoms. The van der Waals surface area contributed by atoms with E-state index in [1.165, 1.54) is 60.8 Å². The molecule has 3 aromatic heterocycles. The van der Waals surface area contributed by atoms with Crippen molar-refractivity contribution in [3.63, 3.8) is 0 Å². The topological polar surface area (TPSA) is 146 Å². The summed E-state index contributed by atoms with van der Waals surface area (Å²) in [6.07, 6.45) is 4.30. The van der Waals surface area contributed by atoms with Crippen molar-refractivity contribution in [2.75, 3.05) is 19.1 Å². The van der Waals surface area contributed by atoms with Crippen LogP contribution in [0.3, 0.4) is 0 Å². The quantitative estimate of drug-likeness (QED) is 0.387. The number of pyridine rings is 1. The lowest BCUT2D eigenvalue weighted by molar-refractivity contribution is 0.0946. The van der Waals surface area contributed by atoms with Gasteiger partial charge in [-0.3, -0.25) is 9.59 Å². The minimum absolute atomic E-state index is 0.121. The van der Waals surface area contributed by atoms with Crippen molar-refractivity contribution in [1.29, 1.82) is 0 Å². The standard InChI is InChI=1S/C23H22FN6O4P/c1-30-12-13(7-8-17(30)31)18-19(23-26-9-10-34-23)29-21(25)20(28-18)22(32)27-11-14-15(24)5-4-6-16(14)35(2,3)33/h4-10,12H,11H2,1-3H3,(H2,25,29)(H,27,32). The Morgan fingerprint density at radius 2 is 1.97 bits per heavy atom. The number of aromatic nitrogens is 4. The lowest BCUT2D eigenvalue weighted by Gasteiger charge is -2.15. The molecule has 0 bridgehead atoms. The van der Waals surface area contributed by atoms with Crippen molar-refractivity contribution in [1.82, 2.24) is 24.8 Å². The highest BCUT2D eigenvalue weighted by molar-refractivity contribution is 7.70. The van der Waals surface area contributed by atoms with Gasteiger partial charge in [0.15, 0.2) is 17.2 Å². The van der Waals surface area contributed by atoms with E-state index in [2.05, 4.69) is 20.3 Å². The number of anilines is 1. The van der Waals surface area contributed by atoms with Crippen LogP contribution < -0.4 is 21.9 Å². The van der Waals surface area contributed by atoms with Gasteiger partial charge in [0.1, 0.15) is 24.9 Å². The van der Waals surface area contributed by atoms with Crippen LogP contribution in [-0.2, 0) is 18.2 Å². The van der Waals surface area contributed by atoms with Crippen molar-refractivity contribution in [2.24, 2.45) is 7.05 Å². The molecule has 0 spiro atoms. The van der Waals surface area contributed by atoms with Gasteiger partial charge >= 0.3 is 0 Å². The minimum Gasteiger partial charge on any atom is -0.443 e. The second kappa shape index (κ2) is 9.27. The number of oxazole rings is 1. The van der Waals surface area contributed by atoms with Crippen molar-refractivity contribution in [3.05, 3.63) is 76.4 Å². The van der Waals surface area contributed by atoms with E-state index in [4.69, 9.17) is 10.2 Å². The van der Waals surface area contributed by atoms with Gasteiger partial charge in [-0.2, -0.15) is 0 Å². The number of aryl methyl sites for hydroxylation is 1. The zero-order valence-electron chi connectivity index (χ0n) is 19.2. The molecule has 0 aliphatic rings. The lowest BCUT2D eigenvalue weighted by atomic mass is 10.1. The van der Waals surface area contributed by atoms with Crippen LogP contribution in [0.5, 0.6) is 0 Å². The van der Waals surface area contributed by atoms with Crippen LogP contribution in [0.4, 0.5) is 10.2 Å². The molecular formula is C23H22FN6O4P. The SMILES string of the molecule is Cn1cc(-c2nc(C(=O)NCc3c(F)cccc3P(C)(C)=O)c(N)nc2-c2ncco2)ccc1=O. The third kappa shape index (κ3) is 4.90. The second-order valence-corrected chi connectivity index (χ2v) is 11.3. The van der Waals surface area contributed by atoms with Gasteiger partial charge in [0.25, 0.3) is 5.91 Å². The van der Waals surface area contributed by atoms with E-state index in [0.29, 0.717) is 10.9 Å². The highest BCUT2D eigenvalue weighted by atomic mass is 31.2. The number of nitrogens with zero attached hydrogens (tertiary/aromatic N) is 4. The molecule has 4 rings (SSSR count). The molecule has 0 saturated heterocycles. The summed E-state index contributed by atoms with van der Waals surface area (Å²) in [5.74, 6) is -1.38. The van der Waals surface area contributed by atoms with E-state index in [0.717, 1.165) is 0 Å². The van der Waals surface area contributed by atoms with Gasteiger partial charge in [0.2, 0.25) is 11.4 Å². The summed E-state index contributed by atoms with van der Waals surface area (Å²) in [6, 6.07) is 7.16. The molecule has 10 nitrogen and oxygen atoms in total. The van der Waals surface area contributed by atoms with Gasteiger partial charge in [0.05, 0.1) is 6.20 Å². The van der Waals surface area contributed by atoms with Gasteiger partial charge in [-0.05, 0) is 25.5 Å². The number of nitrogens with one attached hydrogen (secondary N) is 1. The van der Waals surface area contributed by atoms with E-state index in [-0.39, 0.29) is 46.5 Å². The molecule has 1 amide bonds. The molecule has 1 aromatic carbocycles. The number of carbonyl (C=O) groups excluding carboxylic acids is 1. The number of rotatable bonds is 6. The number of hydrogen-bond donors (Lipinski definition) is 2. The number of hydrogen-bond acceptors (Lipinski definition) is 8.